The summed E-state index contributed by atoms with van der Waals surface area (Å²) in [5, 5.41) is 11.3. The Morgan fingerprint density at radius 1 is 1.15 bits per heavy atom. The van der Waals surface area contributed by atoms with E-state index in [1.165, 1.54) is 23.6 Å². The Hall–Kier alpha value is -4.16. The van der Waals surface area contributed by atoms with Gasteiger partial charge >= 0.3 is 5.69 Å². The van der Waals surface area contributed by atoms with Crippen LogP contribution < -0.4 is 15.1 Å². The van der Waals surface area contributed by atoms with Crippen LogP contribution in [0.4, 0.5) is 0 Å². The molecule has 0 bridgehead atoms. The molecule has 210 valence electrons. The highest BCUT2D eigenvalue weighted by molar-refractivity contribution is 7.89. The minimum atomic E-state index is -3.96. The molecule has 0 saturated carbocycles. The van der Waals surface area contributed by atoms with Gasteiger partial charge in [-0.05, 0) is 56.2 Å². The van der Waals surface area contributed by atoms with Crippen molar-refractivity contribution in [3.8, 4) is 11.6 Å². The monoisotopic (exact) mass is 565 g/mol. The van der Waals surface area contributed by atoms with Gasteiger partial charge in [0.15, 0.2) is 0 Å². The van der Waals surface area contributed by atoms with Crippen molar-refractivity contribution < 1.29 is 23.1 Å². The zero-order valence-electron chi connectivity index (χ0n) is 22.3. The Balaban J connectivity index is 1.25. The van der Waals surface area contributed by atoms with E-state index in [1.54, 1.807) is 17.0 Å². The van der Waals surface area contributed by atoms with E-state index in [9.17, 15) is 23.1 Å². The molecule has 1 aliphatic heterocycles. The van der Waals surface area contributed by atoms with Crippen molar-refractivity contribution in [3.05, 3.63) is 82.0 Å². The van der Waals surface area contributed by atoms with Crippen molar-refractivity contribution in [2.75, 3.05) is 13.1 Å². The fourth-order valence-electron chi connectivity index (χ4n) is 5.10. The standard InChI is InChI=1S/C28H31N5O6S/c1-18-15-20(24-5-3-4-6-25(24)30-18)17-39-22-7-9-23(10-8-22)40(37,38)29-16-26-27(35)31-28(36)33(26)21-11-13-32(14-12-21)19(2)34/h3-10,15,21,29,35H,11-14,16-17H2,1-2H3,(H,31,36). The molecule has 11 nitrogen and oxygen atoms in total. The third-order valence-corrected chi connectivity index (χ3v) is 8.59. The van der Waals surface area contributed by atoms with Gasteiger partial charge < -0.3 is 14.7 Å². The van der Waals surface area contributed by atoms with Crippen LogP contribution in [0.25, 0.3) is 10.9 Å². The van der Waals surface area contributed by atoms with Crippen LogP contribution in [0.15, 0.2) is 64.3 Å². The van der Waals surface area contributed by atoms with Gasteiger partial charge in [0, 0.05) is 42.7 Å². The van der Waals surface area contributed by atoms with Crippen LogP contribution in [0.3, 0.4) is 0 Å². The number of imidazole rings is 1. The summed E-state index contributed by atoms with van der Waals surface area (Å²) in [5.74, 6) is 0.0870. The summed E-state index contributed by atoms with van der Waals surface area (Å²) >= 11 is 0. The number of carbonyl (C=O) groups is 1. The van der Waals surface area contributed by atoms with Gasteiger partial charge in [0.1, 0.15) is 12.4 Å². The third kappa shape index (κ3) is 5.73. The second-order valence-electron chi connectivity index (χ2n) is 9.86. The maximum atomic E-state index is 13.0. The number of hydrogen-bond donors (Lipinski definition) is 3. The van der Waals surface area contributed by atoms with Crippen molar-refractivity contribution in [2.24, 2.45) is 0 Å². The lowest BCUT2D eigenvalue weighted by molar-refractivity contribution is -0.130. The molecule has 4 aromatic rings. The van der Waals surface area contributed by atoms with E-state index in [0.29, 0.717) is 38.3 Å². The van der Waals surface area contributed by atoms with Crippen molar-refractivity contribution in [1.82, 2.24) is 24.2 Å². The number of fused-ring (bicyclic) bond motifs is 1. The summed E-state index contributed by atoms with van der Waals surface area (Å²) in [6, 6.07) is 15.5. The molecule has 40 heavy (non-hydrogen) atoms. The number of likely N-dealkylation sites (tertiary alicyclic amines) is 1. The summed E-state index contributed by atoms with van der Waals surface area (Å²) in [5.41, 5.74) is 2.37. The lowest BCUT2D eigenvalue weighted by Crippen LogP contribution is -2.40. The first kappa shape index (κ1) is 27.4. The van der Waals surface area contributed by atoms with Crippen LogP contribution >= 0.6 is 0 Å². The number of pyridine rings is 1. The van der Waals surface area contributed by atoms with E-state index < -0.39 is 15.7 Å². The number of hydrogen-bond acceptors (Lipinski definition) is 7. The van der Waals surface area contributed by atoms with Crippen LogP contribution in [-0.4, -0.2) is 52.0 Å². The maximum Gasteiger partial charge on any atom is 0.328 e. The number of carbonyl (C=O) groups excluding carboxylic acids is 1. The average molecular weight is 566 g/mol. The van der Waals surface area contributed by atoms with Crippen molar-refractivity contribution in [3.63, 3.8) is 0 Å². The van der Waals surface area contributed by atoms with E-state index in [-0.39, 0.29) is 35.0 Å². The Bertz CT molecular complexity index is 1700. The van der Waals surface area contributed by atoms with Crippen LogP contribution in [0.1, 0.15) is 42.8 Å². The summed E-state index contributed by atoms with van der Waals surface area (Å²) in [7, 11) is -3.96. The second-order valence-corrected chi connectivity index (χ2v) is 11.6. The Labute approximate surface area is 231 Å². The topological polar surface area (TPSA) is 147 Å². The number of aromatic nitrogens is 3. The molecule has 1 amide bonds. The van der Waals surface area contributed by atoms with Gasteiger partial charge in [-0.25, -0.2) is 17.9 Å². The normalized spacial score (nSPS) is 14.5. The number of aromatic hydroxyl groups is 1. The third-order valence-electron chi connectivity index (χ3n) is 7.17. The van der Waals surface area contributed by atoms with Crippen molar-refractivity contribution >= 4 is 26.8 Å². The highest BCUT2D eigenvalue weighted by Crippen LogP contribution is 2.26. The minimum Gasteiger partial charge on any atom is -0.493 e. The van der Waals surface area contributed by atoms with Crippen LogP contribution in [-0.2, 0) is 28.0 Å². The highest BCUT2D eigenvalue weighted by Gasteiger charge is 2.27. The van der Waals surface area contributed by atoms with Gasteiger partial charge in [0.05, 0.1) is 22.7 Å². The molecule has 0 spiro atoms. The molecule has 1 fully saturated rings. The van der Waals surface area contributed by atoms with E-state index in [1.807, 2.05) is 37.3 Å². The number of amides is 1. The number of benzene rings is 2. The predicted octanol–water partition coefficient (Wildman–Crippen LogP) is 2.98. The molecular formula is C28H31N5O6S. The SMILES string of the molecule is CC(=O)N1CCC(n2c(CNS(=O)(=O)c3ccc(OCc4cc(C)nc5ccccc45)cc3)c(O)[nH]c2=O)CC1. The maximum absolute atomic E-state index is 13.0. The first-order valence-corrected chi connectivity index (χ1v) is 14.5. The molecule has 0 radical (unpaired) electrons. The number of aryl methyl sites for hydroxylation is 1. The number of sulfonamides is 1. The lowest BCUT2D eigenvalue weighted by atomic mass is 10.0. The number of nitrogens with zero attached hydrogens (tertiary/aromatic N) is 3. The number of piperidine rings is 1. The van der Waals surface area contributed by atoms with Gasteiger partial charge in [0.2, 0.25) is 21.8 Å². The number of rotatable bonds is 8. The van der Waals surface area contributed by atoms with Crippen LogP contribution in [0.2, 0.25) is 0 Å². The quantitative estimate of drug-likeness (QED) is 0.298. The Kier molecular flexibility index (Phi) is 7.63. The zero-order chi connectivity index (χ0) is 28.4. The van der Waals surface area contributed by atoms with Crippen LogP contribution in [0, 0.1) is 6.92 Å². The summed E-state index contributed by atoms with van der Waals surface area (Å²) < 4.78 is 35.8. The van der Waals surface area contributed by atoms with E-state index in [0.717, 1.165) is 22.2 Å². The van der Waals surface area contributed by atoms with Gasteiger partial charge in [0.25, 0.3) is 0 Å². The van der Waals surface area contributed by atoms with E-state index in [2.05, 4.69) is 14.7 Å². The second kappa shape index (κ2) is 11.1. The number of aromatic amines is 1. The Morgan fingerprint density at radius 2 is 1.85 bits per heavy atom. The molecule has 2 aromatic carbocycles. The summed E-state index contributed by atoms with van der Waals surface area (Å²) in [6.45, 7) is 4.39. The van der Waals surface area contributed by atoms with Gasteiger partial charge in [-0.2, -0.15) is 0 Å². The molecule has 12 heteroatoms. The summed E-state index contributed by atoms with van der Waals surface area (Å²) in [6.07, 6.45) is 1.04. The molecule has 1 saturated heterocycles. The minimum absolute atomic E-state index is 0.0174. The number of ether oxygens (including phenoxy) is 1. The molecule has 0 atom stereocenters. The fourth-order valence-corrected chi connectivity index (χ4v) is 6.09. The number of H-pyrrole nitrogens is 1. The molecular weight excluding hydrogens is 534 g/mol. The van der Waals surface area contributed by atoms with Crippen molar-refractivity contribution in [2.45, 2.75) is 50.8 Å². The molecule has 3 heterocycles. The van der Waals surface area contributed by atoms with E-state index >= 15 is 0 Å². The molecule has 1 aliphatic rings. The van der Waals surface area contributed by atoms with Gasteiger partial charge in [-0.1, -0.05) is 18.2 Å². The molecule has 5 rings (SSSR count). The van der Waals surface area contributed by atoms with Crippen LogP contribution in [0.5, 0.6) is 11.6 Å². The Morgan fingerprint density at radius 3 is 2.55 bits per heavy atom. The zero-order valence-corrected chi connectivity index (χ0v) is 23.1. The van der Waals surface area contributed by atoms with Gasteiger partial charge in [-0.3, -0.25) is 19.3 Å². The number of para-hydroxylation sites is 1. The largest absolute Gasteiger partial charge is 0.493 e. The van der Waals surface area contributed by atoms with Gasteiger partial charge in [-0.15, -0.1) is 0 Å². The molecule has 0 unspecified atom stereocenters. The first-order valence-electron chi connectivity index (χ1n) is 13.0. The highest BCUT2D eigenvalue weighted by atomic mass is 32.2. The molecule has 3 N–H and O–H groups in total. The number of nitrogens with one attached hydrogen (secondary N) is 2. The smallest absolute Gasteiger partial charge is 0.328 e. The lowest BCUT2D eigenvalue weighted by Gasteiger charge is -2.32. The van der Waals surface area contributed by atoms with E-state index in [4.69, 9.17) is 4.74 Å². The fraction of sp³-hybridized carbons (Fsp3) is 0.321. The first-order chi connectivity index (χ1) is 19.1. The summed E-state index contributed by atoms with van der Waals surface area (Å²) in [4.78, 5) is 32.8. The molecule has 0 aliphatic carbocycles. The predicted molar refractivity (Wildman–Crippen MR) is 149 cm³/mol. The molecule has 2 aromatic heterocycles. The van der Waals surface area contributed by atoms with Crippen molar-refractivity contribution in [1.29, 1.82) is 0 Å². The average Bonchev–Trinajstić information content (AvgIpc) is 3.23.